The van der Waals surface area contributed by atoms with Crippen molar-refractivity contribution in [1.29, 1.82) is 0 Å². The lowest BCUT2D eigenvalue weighted by Gasteiger charge is -2.38. The summed E-state index contributed by atoms with van der Waals surface area (Å²) in [7, 11) is 2.00. The maximum Gasteiger partial charge on any atom is 0.241 e. The van der Waals surface area contributed by atoms with Gasteiger partial charge in [-0.3, -0.25) is 9.69 Å². The van der Waals surface area contributed by atoms with Gasteiger partial charge in [-0.15, -0.1) is 0 Å². The minimum atomic E-state index is -0.256. The second-order valence-electron chi connectivity index (χ2n) is 7.14. The van der Waals surface area contributed by atoms with Crippen LogP contribution in [0.4, 0.5) is 0 Å². The SMILES string of the molecule is CCCC(NC(=O)C1(N2CCCC2)CCCC1)c1nccn1C. The fraction of sp³-hybridized carbons (Fsp3) is 0.778. The van der Waals surface area contributed by atoms with Gasteiger partial charge in [0.1, 0.15) is 11.4 Å². The average Bonchev–Trinajstić information content (AvgIpc) is 3.28. The Hall–Kier alpha value is -1.36. The molecule has 5 nitrogen and oxygen atoms in total. The summed E-state index contributed by atoms with van der Waals surface area (Å²) in [5.74, 6) is 1.20. The van der Waals surface area contributed by atoms with Gasteiger partial charge < -0.3 is 9.88 Å². The van der Waals surface area contributed by atoms with Gasteiger partial charge in [0.2, 0.25) is 5.91 Å². The number of likely N-dealkylation sites (tertiary alicyclic amines) is 1. The number of hydrogen-bond donors (Lipinski definition) is 1. The Balaban J connectivity index is 1.78. The predicted octanol–water partition coefficient (Wildman–Crippen LogP) is 2.79. The number of hydrogen-bond acceptors (Lipinski definition) is 3. The Morgan fingerprint density at radius 2 is 2.00 bits per heavy atom. The number of aryl methyl sites for hydroxylation is 1. The summed E-state index contributed by atoms with van der Waals surface area (Å²) in [6.07, 6.45) is 12.6. The van der Waals surface area contributed by atoms with Gasteiger partial charge in [0.25, 0.3) is 0 Å². The van der Waals surface area contributed by atoms with Crippen LogP contribution in [0.1, 0.15) is 70.2 Å². The van der Waals surface area contributed by atoms with Gasteiger partial charge in [-0.2, -0.15) is 0 Å². The first-order chi connectivity index (χ1) is 11.2. The van der Waals surface area contributed by atoms with E-state index in [1.54, 1.807) is 0 Å². The van der Waals surface area contributed by atoms with E-state index in [0.29, 0.717) is 0 Å². The van der Waals surface area contributed by atoms with Crippen molar-refractivity contribution in [1.82, 2.24) is 19.8 Å². The van der Waals surface area contributed by atoms with Crippen LogP contribution in [0.3, 0.4) is 0 Å². The van der Waals surface area contributed by atoms with E-state index in [1.165, 1.54) is 25.7 Å². The summed E-state index contributed by atoms with van der Waals surface area (Å²) in [6, 6.07) is 0.0209. The maximum atomic E-state index is 13.3. The minimum Gasteiger partial charge on any atom is -0.345 e. The highest BCUT2D eigenvalue weighted by Gasteiger charge is 2.47. The molecule has 0 aromatic carbocycles. The Kier molecular flexibility index (Phi) is 5.05. The third-order valence-corrected chi connectivity index (χ3v) is 5.62. The molecular weight excluding hydrogens is 288 g/mol. The van der Waals surface area contributed by atoms with Crippen molar-refractivity contribution in [3.05, 3.63) is 18.2 Å². The second-order valence-corrected chi connectivity index (χ2v) is 7.14. The van der Waals surface area contributed by atoms with Crippen molar-refractivity contribution < 1.29 is 4.79 Å². The highest BCUT2D eigenvalue weighted by molar-refractivity contribution is 5.87. The number of aromatic nitrogens is 2. The van der Waals surface area contributed by atoms with E-state index in [4.69, 9.17) is 0 Å². The van der Waals surface area contributed by atoms with Gasteiger partial charge in [0, 0.05) is 19.4 Å². The van der Waals surface area contributed by atoms with E-state index < -0.39 is 0 Å². The lowest BCUT2D eigenvalue weighted by Crippen LogP contribution is -2.57. The summed E-state index contributed by atoms with van der Waals surface area (Å²) in [6.45, 7) is 4.32. The van der Waals surface area contributed by atoms with Gasteiger partial charge in [0.15, 0.2) is 0 Å². The Morgan fingerprint density at radius 3 is 2.57 bits per heavy atom. The largest absolute Gasteiger partial charge is 0.345 e. The van der Waals surface area contributed by atoms with E-state index in [-0.39, 0.29) is 17.5 Å². The zero-order valence-electron chi connectivity index (χ0n) is 14.6. The van der Waals surface area contributed by atoms with Crippen LogP contribution in [-0.4, -0.2) is 39.0 Å². The molecule has 1 N–H and O–H groups in total. The first-order valence-electron chi connectivity index (χ1n) is 9.20. The number of nitrogens with one attached hydrogen (secondary N) is 1. The molecule has 1 saturated carbocycles. The third kappa shape index (κ3) is 3.16. The van der Waals surface area contributed by atoms with Crippen molar-refractivity contribution in [2.45, 2.75) is 69.9 Å². The van der Waals surface area contributed by atoms with Crippen LogP contribution in [0.5, 0.6) is 0 Å². The second kappa shape index (κ2) is 7.04. The standard InChI is InChI=1S/C18H30N4O/c1-3-8-15(16-19-11-14-21(16)2)20-17(23)18(9-4-5-10-18)22-12-6-7-13-22/h11,14-15H,3-10,12-13H2,1-2H3,(H,20,23). The summed E-state index contributed by atoms with van der Waals surface area (Å²) < 4.78 is 2.03. The summed E-state index contributed by atoms with van der Waals surface area (Å²) >= 11 is 0. The molecule has 2 fully saturated rings. The minimum absolute atomic E-state index is 0.0209. The molecule has 5 heteroatoms. The van der Waals surface area contributed by atoms with E-state index in [0.717, 1.165) is 44.6 Å². The summed E-state index contributed by atoms with van der Waals surface area (Å²) in [5, 5.41) is 3.36. The van der Waals surface area contributed by atoms with Crippen LogP contribution in [0.2, 0.25) is 0 Å². The molecule has 128 valence electrons. The van der Waals surface area contributed by atoms with Gasteiger partial charge in [-0.05, 0) is 45.2 Å². The first kappa shape index (κ1) is 16.5. The molecule has 1 amide bonds. The number of amides is 1. The van der Waals surface area contributed by atoms with Crippen LogP contribution in [0.25, 0.3) is 0 Å². The van der Waals surface area contributed by atoms with E-state index in [1.807, 2.05) is 24.0 Å². The summed E-state index contributed by atoms with van der Waals surface area (Å²) in [4.78, 5) is 20.2. The zero-order chi connectivity index (χ0) is 16.3. The molecule has 1 aliphatic heterocycles. The van der Waals surface area contributed by atoms with E-state index >= 15 is 0 Å². The van der Waals surface area contributed by atoms with E-state index in [2.05, 4.69) is 22.1 Å². The van der Waals surface area contributed by atoms with Crippen LogP contribution in [-0.2, 0) is 11.8 Å². The van der Waals surface area contributed by atoms with Crippen LogP contribution >= 0.6 is 0 Å². The molecule has 0 radical (unpaired) electrons. The monoisotopic (exact) mass is 318 g/mol. The van der Waals surface area contributed by atoms with Crippen molar-refractivity contribution in [3.8, 4) is 0 Å². The average molecular weight is 318 g/mol. The molecular formula is C18H30N4O. The fourth-order valence-corrected chi connectivity index (χ4v) is 4.35. The normalized spacial score (nSPS) is 22.3. The van der Waals surface area contributed by atoms with Crippen molar-refractivity contribution in [2.24, 2.45) is 7.05 Å². The van der Waals surface area contributed by atoms with Crippen LogP contribution in [0, 0.1) is 0 Å². The lowest BCUT2D eigenvalue weighted by atomic mass is 9.93. The fourth-order valence-electron chi connectivity index (χ4n) is 4.35. The number of rotatable bonds is 6. The van der Waals surface area contributed by atoms with Crippen LogP contribution in [0.15, 0.2) is 12.4 Å². The van der Waals surface area contributed by atoms with Crippen molar-refractivity contribution in [3.63, 3.8) is 0 Å². The van der Waals surface area contributed by atoms with E-state index in [9.17, 15) is 4.79 Å². The molecule has 1 saturated heterocycles. The van der Waals surface area contributed by atoms with Crippen molar-refractivity contribution >= 4 is 5.91 Å². The smallest absolute Gasteiger partial charge is 0.241 e. The van der Waals surface area contributed by atoms with Gasteiger partial charge in [-0.1, -0.05) is 26.2 Å². The quantitative estimate of drug-likeness (QED) is 0.877. The molecule has 1 aromatic rings. The summed E-state index contributed by atoms with van der Waals surface area (Å²) in [5.41, 5.74) is -0.256. The molecule has 0 bridgehead atoms. The number of imidazole rings is 1. The van der Waals surface area contributed by atoms with Gasteiger partial charge in [0.05, 0.1) is 6.04 Å². The highest BCUT2D eigenvalue weighted by atomic mass is 16.2. The molecule has 23 heavy (non-hydrogen) atoms. The molecule has 3 rings (SSSR count). The predicted molar refractivity (Wildman–Crippen MR) is 91.0 cm³/mol. The number of nitrogens with zero attached hydrogens (tertiary/aromatic N) is 3. The first-order valence-corrected chi connectivity index (χ1v) is 9.20. The maximum absolute atomic E-state index is 13.3. The highest BCUT2D eigenvalue weighted by Crippen LogP contribution is 2.38. The Morgan fingerprint density at radius 1 is 1.30 bits per heavy atom. The molecule has 1 atom stereocenters. The number of carbonyl (C=O) groups excluding carboxylic acids is 1. The molecule has 0 spiro atoms. The topological polar surface area (TPSA) is 50.2 Å². The van der Waals surface area contributed by atoms with Crippen molar-refractivity contribution in [2.75, 3.05) is 13.1 Å². The lowest BCUT2D eigenvalue weighted by molar-refractivity contribution is -0.133. The Bertz CT molecular complexity index is 527. The Labute approximate surface area is 139 Å². The third-order valence-electron chi connectivity index (χ3n) is 5.62. The molecule has 1 unspecified atom stereocenters. The van der Waals surface area contributed by atoms with Gasteiger partial charge >= 0.3 is 0 Å². The molecule has 1 aliphatic carbocycles. The number of carbonyl (C=O) groups is 1. The molecule has 2 heterocycles. The van der Waals surface area contributed by atoms with Gasteiger partial charge in [-0.25, -0.2) is 4.98 Å². The molecule has 1 aromatic heterocycles. The van der Waals surface area contributed by atoms with Crippen LogP contribution < -0.4 is 5.32 Å². The molecule has 2 aliphatic rings. The zero-order valence-corrected chi connectivity index (χ0v) is 14.6.